The number of aromatic nitrogens is 2. The van der Waals surface area contributed by atoms with Crippen LogP contribution in [0, 0.1) is 5.82 Å². The largest absolute Gasteiger partial charge is 0.386 e. The molecule has 1 saturated heterocycles. The van der Waals surface area contributed by atoms with Crippen molar-refractivity contribution in [3.05, 3.63) is 41.7 Å². The number of nitrogens with zero attached hydrogens (tertiary/aromatic N) is 3. The van der Waals surface area contributed by atoms with E-state index in [-0.39, 0.29) is 18.1 Å². The molecule has 0 saturated carbocycles. The standard InChI is InChI=1S/C16H19FN4O3/c1-2-12-7-13(20-24-12)15(22)19-9-16(23)5-6-21(10-16)14-4-3-11(17)8-18-14/h3-4,7-8,23H,2,5-6,9-10H2,1H3,(H,19,22)/t16-/m1/s1. The molecule has 1 amide bonds. The Labute approximate surface area is 138 Å². The van der Waals surface area contributed by atoms with Crippen molar-refractivity contribution < 1.29 is 18.8 Å². The van der Waals surface area contributed by atoms with E-state index in [1.807, 2.05) is 11.8 Å². The van der Waals surface area contributed by atoms with Crippen LogP contribution >= 0.6 is 0 Å². The Bertz CT molecular complexity index is 718. The minimum atomic E-state index is -1.07. The topological polar surface area (TPSA) is 91.5 Å². The zero-order valence-electron chi connectivity index (χ0n) is 13.3. The molecule has 1 fully saturated rings. The lowest BCUT2D eigenvalue weighted by Gasteiger charge is -2.24. The number of carbonyl (C=O) groups is 1. The van der Waals surface area contributed by atoms with Gasteiger partial charge in [0, 0.05) is 32.1 Å². The minimum Gasteiger partial charge on any atom is -0.386 e. The third-order valence-corrected chi connectivity index (χ3v) is 4.09. The molecule has 0 spiro atoms. The maximum atomic E-state index is 12.9. The van der Waals surface area contributed by atoms with Gasteiger partial charge in [-0.2, -0.15) is 0 Å². The fourth-order valence-electron chi connectivity index (χ4n) is 2.67. The molecule has 0 unspecified atom stereocenters. The molecule has 2 aromatic rings. The van der Waals surface area contributed by atoms with Gasteiger partial charge in [0.05, 0.1) is 6.20 Å². The number of aliphatic hydroxyl groups is 1. The van der Waals surface area contributed by atoms with Crippen molar-refractivity contribution in [1.82, 2.24) is 15.5 Å². The summed E-state index contributed by atoms with van der Waals surface area (Å²) < 4.78 is 17.9. The molecular formula is C16H19FN4O3. The summed E-state index contributed by atoms with van der Waals surface area (Å²) in [7, 11) is 0. The Kier molecular flexibility index (Phi) is 4.48. The molecule has 1 aliphatic rings. The van der Waals surface area contributed by atoms with Gasteiger partial charge in [0.2, 0.25) is 0 Å². The molecule has 0 aromatic carbocycles. The molecule has 2 N–H and O–H groups in total. The molecule has 8 heteroatoms. The molecule has 0 bridgehead atoms. The molecule has 24 heavy (non-hydrogen) atoms. The van der Waals surface area contributed by atoms with Crippen molar-refractivity contribution in [3.63, 3.8) is 0 Å². The average molecular weight is 334 g/mol. The highest BCUT2D eigenvalue weighted by Gasteiger charge is 2.37. The molecule has 3 rings (SSSR count). The van der Waals surface area contributed by atoms with E-state index in [1.54, 1.807) is 12.1 Å². The van der Waals surface area contributed by atoms with Gasteiger partial charge in [-0.05, 0) is 18.6 Å². The van der Waals surface area contributed by atoms with Gasteiger partial charge in [0.1, 0.15) is 23.0 Å². The second kappa shape index (κ2) is 6.56. The van der Waals surface area contributed by atoms with E-state index < -0.39 is 11.4 Å². The number of aryl methyl sites for hydroxylation is 1. The highest BCUT2D eigenvalue weighted by atomic mass is 19.1. The molecule has 1 atom stereocenters. The van der Waals surface area contributed by atoms with Crippen LogP contribution in [-0.4, -0.2) is 46.4 Å². The normalized spacial score (nSPS) is 20.4. The summed E-state index contributed by atoms with van der Waals surface area (Å²) in [6, 6.07) is 4.49. The van der Waals surface area contributed by atoms with E-state index in [2.05, 4.69) is 15.5 Å². The van der Waals surface area contributed by atoms with Crippen molar-refractivity contribution >= 4 is 11.7 Å². The van der Waals surface area contributed by atoms with E-state index in [0.717, 1.165) is 6.20 Å². The Balaban J connectivity index is 1.57. The number of amides is 1. The van der Waals surface area contributed by atoms with Crippen molar-refractivity contribution in [2.24, 2.45) is 0 Å². The summed E-state index contributed by atoms with van der Waals surface area (Å²) in [4.78, 5) is 17.9. The van der Waals surface area contributed by atoms with Gasteiger partial charge in [-0.1, -0.05) is 12.1 Å². The van der Waals surface area contributed by atoms with Crippen LogP contribution in [0.4, 0.5) is 10.2 Å². The lowest BCUT2D eigenvalue weighted by molar-refractivity contribution is 0.0573. The molecule has 3 heterocycles. The summed E-state index contributed by atoms with van der Waals surface area (Å²) >= 11 is 0. The number of hydrogen-bond acceptors (Lipinski definition) is 6. The molecule has 0 radical (unpaired) electrons. The second-order valence-corrected chi connectivity index (χ2v) is 5.95. The number of β-amino-alcohol motifs (C(OH)–C–C–N with tert-alkyl or cyclic N) is 1. The van der Waals surface area contributed by atoms with Gasteiger partial charge >= 0.3 is 0 Å². The highest BCUT2D eigenvalue weighted by molar-refractivity contribution is 5.92. The van der Waals surface area contributed by atoms with Gasteiger partial charge in [-0.15, -0.1) is 0 Å². The number of pyridine rings is 1. The maximum absolute atomic E-state index is 12.9. The molecule has 0 aliphatic carbocycles. The monoisotopic (exact) mass is 334 g/mol. The molecule has 2 aromatic heterocycles. The van der Waals surface area contributed by atoms with Crippen molar-refractivity contribution in [3.8, 4) is 0 Å². The quantitative estimate of drug-likeness (QED) is 0.852. The summed E-state index contributed by atoms with van der Waals surface area (Å²) in [5, 5.41) is 17.0. The number of rotatable bonds is 5. The molecule has 1 aliphatic heterocycles. The van der Waals surface area contributed by atoms with Crippen molar-refractivity contribution in [2.45, 2.75) is 25.4 Å². The van der Waals surface area contributed by atoms with Crippen LogP contribution in [0.15, 0.2) is 28.9 Å². The fourth-order valence-corrected chi connectivity index (χ4v) is 2.67. The van der Waals surface area contributed by atoms with E-state index in [1.165, 1.54) is 6.07 Å². The van der Waals surface area contributed by atoms with E-state index in [4.69, 9.17) is 4.52 Å². The number of nitrogens with one attached hydrogen (secondary N) is 1. The van der Waals surface area contributed by atoms with Crippen LogP contribution in [0.25, 0.3) is 0 Å². The van der Waals surface area contributed by atoms with Crippen LogP contribution in [0.5, 0.6) is 0 Å². The molecular weight excluding hydrogens is 315 g/mol. The first-order chi connectivity index (χ1) is 11.5. The first-order valence-corrected chi connectivity index (χ1v) is 7.82. The zero-order valence-corrected chi connectivity index (χ0v) is 13.3. The number of anilines is 1. The lowest BCUT2D eigenvalue weighted by atomic mass is 10.0. The third-order valence-electron chi connectivity index (χ3n) is 4.09. The lowest BCUT2D eigenvalue weighted by Crippen LogP contribution is -2.45. The smallest absolute Gasteiger partial charge is 0.273 e. The van der Waals surface area contributed by atoms with E-state index in [9.17, 15) is 14.3 Å². The van der Waals surface area contributed by atoms with Gasteiger partial charge in [-0.3, -0.25) is 4.79 Å². The second-order valence-electron chi connectivity index (χ2n) is 5.95. The average Bonchev–Trinajstić information content (AvgIpc) is 3.21. The summed E-state index contributed by atoms with van der Waals surface area (Å²) in [5.74, 6) is 0.445. The predicted molar refractivity (Wildman–Crippen MR) is 84.2 cm³/mol. The molecule has 7 nitrogen and oxygen atoms in total. The summed E-state index contributed by atoms with van der Waals surface area (Å²) in [6.07, 6.45) is 2.28. The maximum Gasteiger partial charge on any atom is 0.273 e. The van der Waals surface area contributed by atoms with Crippen molar-refractivity contribution in [1.29, 1.82) is 0 Å². The Morgan fingerprint density at radius 2 is 2.38 bits per heavy atom. The molecule has 128 valence electrons. The number of halogens is 1. The van der Waals surface area contributed by atoms with Crippen LogP contribution in [0.2, 0.25) is 0 Å². The predicted octanol–water partition coefficient (Wildman–Crippen LogP) is 1.14. The summed E-state index contributed by atoms with van der Waals surface area (Å²) in [5.41, 5.74) is -0.867. The van der Waals surface area contributed by atoms with Crippen molar-refractivity contribution in [2.75, 3.05) is 24.5 Å². The highest BCUT2D eigenvalue weighted by Crippen LogP contribution is 2.25. The van der Waals surface area contributed by atoms with Gasteiger partial charge < -0.3 is 19.8 Å². The number of carbonyl (C=O) groups excluding carboxylic acids is 1. The Morgan fingerprint density at radius 1 is 1.54 bits per heavy atom. The Morgan fingerprint density at radius 3 is 3.04 bits per heavy atom. The minimum absolute atomic E-state index is 0.0951. The number of hydrogen-bond donors (Lipinski definition) is 2. The first-order valence-electron chi connectivity index (χ1n) is 7.82. The van der Waals surface area contributed by atoms with E-state index >= 15 is 0 Å². The van der Waals surface area contributed by atoms with Crippen LogP contribution in [0.3, 0.4) is 0 Å². The van der Waals surface area contributed by atoms with Gasteiger partial charge in [0.15, 0.2) is 5.69 Å². The van der Waals surface area contributed by atoms with Gasteiger partial charge in [0.25, 0.3) is 5.91 Å². The van der Waals surface area contributed by atoms with Crippen LogP contribution < -0.4 is 10.2 Å². The zero-order chi connectivity index (χ0) is 17.2. The Hall–Kier alpha value is -2.48. The fraction of sp³-hybridized carbons (Fsp3) is 0.438. The first kappa shape index (κ1) is 16.4. The van der Waals surface area contributed by atoms with Crippen LogP contribution in [0.1, 0.15) is 29.6 Å². The van der Waals surface area contributed by atoms with E-state index in [0.29, 0.717) is 37.5 Å². The SMILES string of the molecule is CCc1cc(C(=O)NC[C@]2(O)CCN(c3ccc(F)cn3)C2)no1. The van der Waals surface area contributed by atoms with Crippen LogP contribution in [-0.2, 0) is 6.42 Å². The van der Waals surface area contributed by atoms with Gasteiger partial charge in [-0.25, -0.2) is 9.37 Å². The summed E-state index contributed by atoms with van der Waals surface area (Å²) in [6.45, 7) is 2.89. The third kappa shape index (κ3) is 3.53.